The van der Waals surface area contributed by atoms with Crippen LogP contribution in [0, 0.1) is 20.2 Å². The van der Waals surface area contributed by atoms with Crippen LogP contribution in [0.1, 0.15) is 41.2 Å². The second-order valence-electron chi connectivity index (χ2n) is 11.5. The molecular formula is C34H26BrN5O11S. The third kappa shape index (κ3) is 7.15. The van der Waals surface area contributed by atoms with E-state index in [9.17, 15) is 39.4 Å². The number of imidazole rings is 1. The van der Waals surface area contributed by atoms with E-state index in [1.165, 1.54) is 65.0 Å². The summed E-state index contributed by atoms with van der Waals surface area (Å²) in [4.78, 5) is 79.6. The van der Waals surface area contributed by atoms with Gasteiger partial charge in [-0.2, -0.15) is 0 Å². The molecule has 0 bridgehead atoms. The molecule has 1 aromatic heterocycles. The van der Waals surface area contributed by atoms with Crippen molar-refractivity contribution >= 4 is 63.0 Å². The van der Waals surface area contributed by atoms with E-state index in [1.807, 2.05) is 30.3 Å². The Bertz CT molecular complexity index is 2110. The van der Waals surface area contributed by atoms with Gasteiger partial charge in [-0.3, -0.25) is 34.7 Å². The van der Waals surface area contributed by atoms with Crippen LogP contribution < -0.4 is 0 Å². The monoisotopic (exact) mass is 791 g/mol. The van der Waals surface area contributed by atoms with Crippen LogP contribution in [0.5, 0.6) is 0 Å². The van der Waals surface area contributed by atoms with Gasteiger partial charge in [0, 0.05) is 49.2 Å². The van der Waals surface area contributed by atoms with Crippen LogP contribution in [-0.2, 0) is 48.2 Å². The summed E-state index contributed by atoms with van der Waals surface area (Å²) in [5.41, 5.74) is 1.54. The Labute approximate surface area is 306 Å². The molecule has 0 radical (unpaired) electrons. The van der Waals surface area contributed by atoms with Crippen molar-refractivity contribution in [3.63, 3.8) is 0 Å². The Hall–Kier alpha value is -5.88. The highest BCUT2D eigenvalue weighted by Crippen LogP contribution is 2.58. The number of ether oxygens (including phenoxy) is 3. The first-order valence-corrected chi connectivity index (χ1v) is 17.1. The lowest BCUT2D eigenvalue weighted by Crippen LogP contribution is -2.70. The fourth-order valence-corrected chi connectivity index (χ4v) is 7.78. The van der Waals surface area contributed by atoms with Crippen molar-refractivity contribution in [2.45, 2.75) is 42.4 Å². The van der Waals surface area contributed by atoms with Crippen molar-refractivity contribution in [2.24, 2.45) is 0 Å². The fourth-order valence-electron chi connectivity index (χ4n) is 5.51. The molecule has 2 aliphatic rings. The maximum absolute atomic E-state index is 13.9. The minimum Gasteiger partial charge on any atom is -0.456 e. The summed E-state index contributed by atoms with van der Waals surface area (Å²) >= 11 is 4.62. The predicted molar refractivity (Wildman–Crippen MR) is 186 cm³/mol. The average molecular weight is 793 g/mol. The van der Waals surface area contributed by atoms with Crippen LogP contribution in [0.3, 0.4) is 0 Å². The number of carbonyl (C=O) groups excluding carboxylic acids is 4. The Morgan fingerprint density at radius 3 is 2.04 bits per heavy atom. The van der Waals surface area contributed by atoms with E-state index < -0.39 is 49.6 Å². The first-order chi connectivity index (χ1) is 24.9. The highest BCUT2D eigenvalue weighted by Gasteiger charge is 2.69. The first-order valence-electron chi connectivity index (χ1n) is 15.3. The fraction of sp³-hybridized carbons (Fsp3) is 0.206. The van der Waals surface area contributed by atoms with E-state index >= 15 is 0 Å². The Kier molecular flexibility index (Phi) is 10.2. The molecule has 18 heteroatoms. The van der Waals surface area contributed by atoms with E-state index in [4.69, 9.17) is 14.2 Å². The number of amides is 1. The van der Waals surface area contributed by atoms with Gasteiger partial charge in [0.15, 0.2) is 10.4 Å². The molecule has 266 valence electrons. The minimum atomic E-state index is -1.62. The van der Waals surface area contributed by atoms with Crippen molar-refractivity contribution in [2.75, 3.05) is 0 Å². The Balaban J connectivity index is 1.23. The molecule has 3 aromatic carbocycles. The molecular weight excluding hydrogens is 766 g/mol. The van der Waals surface area contributed by atoms with E-state index in [0.717, 1.165) is 28.8 Å². The lowest BCUT2D eigenvalue weighted by atomic mass is 9.89. The molecule has 1 amide bonds. The maximum atomic E-state index is 13.9. The highest BCUT2D eigenvalue weighted by molar-refractivity contribution is 9.10. The van der Waals surface area contributed by atoms with Crippen LogP contribution in [0.25, 0.3) is 0 Å². The third-order valence-electron chi connectivity index (χ3n) is 8.08. The van der Waals surface area contributed by atoms with Gasteiger partial charge in [-0.25, -0.2) is 19.1 Å². The molecule has 0 saturated carbocycles. The van der Waals surface area contributed by atoms with E-state index in [0.29, 0.717) is 11.1 Å². The first kappa shape index (κ1) is 35.9. The van der Waals surface area contributed by atoms with Gasteiger partial charge in [-0.1, -0.05) is 46.3 Å². The molecule has 2 aliphatic heterocycles. The number of rotatable bonds is 12. The summed E-state index contributed by atoms with van der Waals surface area (Å²) in [5.74, 6) is -1.98. The number of β-lactam (4-membered cyclic amide) rings is 1. The molecule has 3 heterocycles. The van der Waals surface area contributed by atoms with Crippen LogP contribution >= 0.6 is 27.7 Å². The zero-order valence-corrected chi connectivity index (χ0v) is 29.4. The van der Waals surface area contributed by atoms with Crippen LogP contribution in [0.4, 0.5) is 16.2 Å². The predicted octanol–water partition coefficient (Wildman–Crippen LogP) is 5.71. The molecule has 3 atom stereocenters. The van der Waals surface area contributed by atoms with E-state index in [2.05, 4.69) is 20.9 Å². The number of nitro groups is 2. The summed E-state index contributed by atoms with van der Waals surface area (Å²) < 4.78 is 16.1. The van der Waals surface area contributed by atoms with Crippen LogP contribution in [-0.4, -0.2) is 57.9 Å². The van der Waals surface area contributed by atoms with Gasteiger partial charge in [-0.05, 0) is 41.0 Å². The zero-order chi connectivity index (χ0) is 37.2. The van der Waals surface area contributed by atoms with Gasteiger partial charge in [0.1, 0.15) is 35.8 Å². The third-order valence-corrected chi connectivity index (χ3v) is 10.8. The van der Waals surface area contributed by atoms with Gasteiger partial charge in [0.25, 0.3) is 17.3 Å². The van der Waals surface area contributed by atoms with Gasteiger partial charge in [0.2, 0.25) is 0 Å². The number of aromatic nitrogens is 2. The standard InChI is InChI=1S/C34H26BrN5O11S/c1-20(41)51-29(34(35)31(43)38-27(19-52-32(34)38)30(42)49-17-22-7-11-24(12-8-22)39(45)46)26-16-37(28(36-26)15-21-5-3-2-4-6-21)33(44)50-18-23-9-13-25(14-10-23)40(47)48/h2-14,16,19,29,32H,15,17-18H2,1H3/t29-,32-,34+/m1/s1. The second-order valence-corrected chi connectivity index (χ2v) is 13.8. The number of nitro benzene ring substituents is 2. The summed E-state index contributed by atoms with van der Waals surface area (Å²) in [5, 5.41) is 22.6. The summed E-state index contributed by atoms with van der Waals surface area (Å²) in [7, 11) is 0. The molecule has 16 nitrogen and oxygen atoms in total. The number of non-ortho nitro benzene ring substituents is 2. The van der Waals surface area contributed by atoms with Gasteiger partial charge in [-0.15, -0.1) is 11.8 Å². The molecule has 1 fully saturated rings. The molecule has 0 unspecified atom stereocenters. The minimum absolute atomic E-state index is 0.0492. The van der Waals surface area contributed by atoms with Crippen LogP contribution in [0.15, 0.2) is 96.2 Å². The molecule has 4 aromatic rings. The maximum Gasteiger partial charge on any atom is 0.419 e. The SMILES string of the molecule is CC(=O)O[C@H](c1cn(C(=O)OCc2ccc([N+](=O)[O-])cc2)c(Cc2ccccc2)n1)[C@]1(Br)C(=O)N2C(C(=O)OCc3ccc([N+](=O)[O-])cc3)=CS[C@@H]21. The topological polar surface area (TPSA) is 203 Å². The average Bonchev–Trinajstić information content (AvgIpc) is 3.76. The number of esters is 2. The summed E-state index contributed by atoms with van der Waals surface area (Å²) in [6.07, 6.45) is -0.742. The Morgan fingerprint density at radius 1 is 0.904 bits per heavy atom. The van der Waals surface area contributed by atoms with Crippen LogP contribution in [0.2, 0.25) is 0 Å². The molecule has 0 aliphatic carbocycles. The number of halogens is 1. The number of hydrogen-bond acceptors (Lipinski definition) is 13. The van der Waals surface area contributed by atoms with Gasteiger partial charge in [0.05, 0.1) is 9.85 Å². The summed E-state index contributed by atoms with van der Waals surface area (Å²) in [6.45, 7) is 0.737. The van der Waals surface area contributed by atoms with Crippen molar-refractivity contribution in [3.05, 3.63) is 145 Å². The van der Waals surface area contributed by atoms with Crippen molar-refractivity contribution in [1.82, 2.24) is 14.5 Å². The molecule has 0 spiro atoms. The number of thioether (sulfide) groups is 1. The summed E-state index contributed by atoms with van der Waals surface area (Å²) in [6, 6.07) is 20.1. The molecule has 0 N–H and O–H groups in total. The zero-order valence-electron chi connectivity index (χ0n) is 26.9. The Morgan fingerprint density at radius 2 is 1.48 bits per heavy atom. The van der Waals surface area contributed by atoms with Gasteiger partial charge < -0.3 is 14.2 Å². The van der Waals surface area contributed by atoms with E-state index in [1.54, 1.807) is 0 Å². The number of fused-ring (bicyclic) bond motifs is 1. The number of benzene rings is 3. The quantitative estimate of drug-likeness (QED) is 0.0422. The van der Waals surface area contributed by atoms with Gasteiger partial charge >= 0.3 is 18.0 Å². The number of carbonyl (C=O) groups is 4. The molecule has 6 rings (SSSR count). The largest absolute Gasteiger partial charge is 0.456 e. The normalized spacial score (nSPS) is 18.0. The lowest BCUT2D eigenvalue weighted by Gasteiger charge is -2.51. The number of alkyl halides is 1. The molecule has 1 saturated heterocycles. The van der Waals surface area contributed by atoms with Crippen molar-refractivity contribution < 1.29 is 43.2 Å². The second kappa shape index (κ2) is 14.8. The highest BCUT2D eigenvalue weighted by atomic mass is 79.9. The number of hydrogen-bond donors (Lipinski definition) is 0. The van der Waals surface area contributed by atoms with Crippen molar-refractivity contribution in [3.8, 4) is 0 Å². The smallest absolute Gasteiger partial charge is 0.419 e. The number of nitrogens with zero attached hydrogens (tertiary/aromatic N) is 5. The van der Waals surface area contributed by atoms with E-state index in [-0.39, 0.29) is 48.2 Å². The molecule has 52 heavy (non-hydrogen) atoms. The van der Waals surface area contributed by atoms with Crippen molar-refractivity contribution in [1.29, 1.82) is 0 Å². The lowest BCUT2D eigenvalue weighted by molar-refractivity contribution is -0.385.